The van der Waals surface area contributed by atoms with Gasteiger partial charge in [0.1, 0.15) is 5.01 Å². The standard InChI is InChI=1S/C11H10N4S/c12-9-1-2-10-8(5-9)6-14-15(10)7-11-13-3-4-16-11/h1-6H,7,12H2. The van der Waals surface area contributed by atoms with Crippen molar-refractivity contribution < 1.29 is 0 Å². The van der Waals surface area contributed by atoms with Gasteiger partial charge in [0.15, 0.2) is 0 Å². The Morgan fingerprint density at radius 2 is 2.31 bits per heavy atom. The summed E-state index contributed by atoms with van der Waals surface area (Å²) in [5, 5.41) is 8.43. The average molecular weight is 230 g/mol. The van der Waals surface area contributed by atoms with E-state index < -0.39 is 0 Å². The number of nitrogens with zero attached hydrogens (tertiary/aromatic N) is 3. The molecule has 0 aliphatic carbocycles. The lowest BCUT2D eigenvalue weighted by atomic mass is 10.2. The molecule has 0 saturated heterocycles. The van der Waals surface area contributed by atoms with Gasteiger partial charge in [0.25, 0.3) is 0 Å². The summed E-state index contributed by atoms with van der Waals surface area (Å²) >= 11 is 1.64. The third-order valence-electron chi connectivity index (χ3n) is 2.43. The van der Waals surface area contributed by atoms with Gasteiger partial charge in [-0.3, -0.25) is 4.68 Å². The van der Waals surface area contributed by atoms with Crippen LogP contribution in [-0.2, 0) is 6.54 Å². The summed E-state index contributed by atoms with van der Waals surface area (Å²) in [5.74, 6) is 0. The lowest BCUT2D eigenvalue weighted by molar-refractivity contribution is 0.708. The van der Waals surface area contributed by atoms with E-state index in [9.17, 15) is 0 Å². The van der Waals surface area contributed by atoms with Gasteiger partial charge >= 0.3 is 0 Å². The van der Waals surface area contributed by atoms with Crippen LogP contribution < -0.4 is 5.73 Å². The van der Waals surface area contributed by atoms with Gasteiger partial charge in [0.2, 0.25) is 0 Å². The molecule has 3 aromatic rings. The number of hydrogen-bond donors (Lipinski definition) is 1. The molecule has 0 unspecified atom stereocenters. The van der Waals surface area contributed by atoms with Crippen molar-refractivity contribution in [2.75, 3.05) is 5.73 Å². The van der Waals surface area contributed by atoms with E-state index in [0.29, 0.717) is 6.54 Å². The van der Waals surface area contributed by atoms with E-state index in [1.807, 2.05) is 40.7 Å². The minimum atomic E-state index is 0.713. The lowest BCUT2D eigenvalue weighted by Gasteiger charge is -2.00. The highest BCUT2D eigenvalue weighted by Gasteiger charge is 2.04. The molecule has 0 amide bonds. The van der Waals surface area contributed by atoms with Crippen molar-refractivity contribution in [3.05, 3.63) is 41.0 Å². The van der Waals surface area contributed by atoms with Crippen molar-refractivity contribution >= 4 is 27.9 Å². The quantitative estimate of drug-likeness (QED) is 0.686. The van der Waals surface area contributed by atoms with Crippen LogP contribution in [0.3, 0.4) is 0 Å². The molecule has 80 valence electrons. The van der Waals surface area contributed by atoms with E-state index in [2.05, 4.69) is 10.1 Å². The third-order valence-corrected chi connectivity index (χ3v) is 3.20. The largest absolute Gasteiger partial charge is 0.399 e. The summed E-state index contributed by atoms with van der Waals surface area (Å²) in [7, 11) is 0. The van der Waals surface area contributed by atoms with E-state index in [1.54, 1.807) is 11.3 Å². The Bertz CT molecular complexity index is 612. The Hall–Kier alpha value is -1.88. The molecule has 0 fully saturated rings. The zero-order valence-electron chi connectivity index (χ0n) is 8.50. The molecule has 2 heterocycles. The van der Waals surface area contributed by atoms with Crippen LogP contribution >= 0.6 is 11.3 Å². The summed E-state index contributed by atoms with van der Waals surface area (Å²) < 4.78 is 1.94. The van der Waals surface area contributed by atoms with Gasteiger partial charge in [-0.25, -0.2) is 4.98 Å². The highest BCUT2D eigenvalue weighted by molar-refractivity contribution is 7.09. The van der Waals surface area contributed by atoms with Crippen LogP contribution in [0.5, 0.6) is 0 Å². The fourth-order valence-corrected chi connectivity index (χ4v) is 2.29. The Kier molecular flexibility index (Phi) is 2.11. The number of nitrogen functional groups attached to an aromatic ring is 1. The smallest absolute Gasteiger partial charge is 0.114 e. The van der Waals surface area contributed by atoms with Crippen molar-refractivity contribution in [1.82, 2.24) is 14.8 Å². The number of nitrogens with two attached hydrogens (primary N) is 1. The van der Waals surface area contributed by atoms with E-state index in [-0.39, 0.29) is 0 Å². The first kappa shape index (κ1) is 9.35. The van der Waals surface area contributed by atoms with Gasteiger partial charge in [0.05, 0.1) is 18.3 Å². The molecule has 2 aromatic heterocycles. The lowest BCUT2D eigenvalue weighted by Crippen LogP contribution is -2.00. The number of hydrogen-bond acceptors (Lipinski definition) is 4. The number of aromatic nitrogens is 3. The van der Waals surface area contributed by atoms with Crippen LogP contribution in [-0.4, -0.2) is 14.8 Å². The van der Waals surface area contributed by atoms with Crippen LogP contribution in [0.2, 0.25) is 0 Å². The molecular weight excluding hydrogens is 220 g/mol. The van der Waals surface area contributed by atoms with Crippen molar-refractivity contribution in [3.8, 4) is 0 Å². The molecule has 0 aliphatic heterocycles. The number of rotatable bonds is 2. The molecule has 16 heavy (non-hydrogen) atoms. The fourth-order valence-electron chi connectivity index (χ4n) is 1.69. The molecule has 0 atom stereocenters. The molecule has 5 heteroatoms. The summed E-state index contributed by atoms with van der Waals surface area (Å²) in [6, 6.07) is 5.81. The van der Waals surface area contributed by atoms with Crippen LogP contribution in [0.15, 0.2) is 36.0 Å². The summed E-state index contributed by atoms with van der Waals surface area (Å²) in [5.41, 5.74) is 7.57. The number of thiazole rings is 1. The van der Waals surface area contributed by atoms with Gasteiger partial charge < -0.3 is 5.73 Å². The average Bonchev–Trinajstić information content (AvgIpc) is 2.89. The molecule has 0 aliphatic rings. The summed E-state index contributed by atoms with van der Waals surface area (Å²) in [6.45, 7) is 0.713. The maximum absolute atomic E-state index is 5.72. The summed E-state index contributed by atoms with van der Waals surface area (Å²) in [6.07, 6.45) is 3.64. The Morgan fingerprint density at radius 3 is 3.12 bits per heavy atom. The zero-order chi connectivity index (χ0) is 11.0. The molecule has 0 radical (unpaired) electrons. The van der Waals surface area contributed by atoms with Gasteiger partial charge in [-0.2, -0.15) is 5.10 Å². The van der Waals surface area contributed by atoms with Gasteiger partial charge in [-0.05, 0) is 18.2 Å². The Labute approximate surface area is 96.3 Å². The zero-order valence-corrected chi connectivity index (χ0v) is 9.31. The van der Waals surface area contributed by atoms with E-state index >= 15 is 0 Å². The first-order valence-electron chi connectivity index (χ1n) is 4.92. The molecule has 2 N–H and O–H groups in total. The topological polar surface area (TPSA) is 56.7 Å². The predicted molar refractivity (Wildman–Crippen MR) is 65.4 cm³/mol. The Morgan fingerprint density at radius 1 is 1.38 bits per heavy atom. The third kappa shape index (κ3) is 1.55. The highest BCUT2D eigenvalue weighted by Crippen LogP contribution is 2.18. The maximum atomic E-state index is 5.72. The van der Waals surface area contributed by atoms with Gasteiger partial charge in [-0.15, -0.1) is 11.3 Å². The van der Waals surface area contributed by atoms with Crippen LogP contribution in [0.25, 0.3) is 10.9 Å². The van der Waals surface area contributed by atoms with Crippen LogP contribution in [0.1, 0.15) is 5.01 Å². The van der Waals surface area contributed by atoms with Crippen LogP contribution in [0.4, 0.5) is 5.69 Å². The molecule has 4 nitrogen and oxygen atoms in total. The number of fused-ring (bicyclic) bond motifs is 1. The molecule has 1 aromatic carbocycles. The first-order valence-corrected chi connectivity index (χ1v) is 5.80. The molecule has 0 spiro atoms. The van der Waals surface area contributed by atoms with Crippen LogP contribution in [0, 0.1) is 0 Å². The van der Waals surface area contributed by atoms with Crippen molar-refractivity contribution in [3.63, 3.8) is 0 Å². The predicted octanol–water partition coefficient (Wildman–Crippen LogP) is 2.12. The monoisotopic (exact) mass is 230 g/mol. The second-order valence-electron chi connectivity index (χ2n) is 3.55. The second kappa shape index (κ2) is 3.61. The molecule has 3 rings (SSSR count). The van der Waals surface area contributed by atoms with E-state index in [0.717, 1.165) is 21.6 Å². The minimum absolute atomic E-state index is 0.713. The Balaban J connectivity index is 2.04. The fraction of sp³-hybridized carbons (Fsp3) is 0.0909. The van der Waals surface area contributed by atoms with Gasteiger partial charge in [0, 0.05) is 22.7 Å². The van der Waals surface area contributed by atoms with E-state index in [1.165, 1.54) is 0 Å². The first-order chi connectivity index (χ1) is 7.83. The second-order valence-corrected chi connectivity index (χ2v) is 4.53. The number of anilines is 1. The summed E-state index contributed by atoms with van der Waals surface area (Å²) in [4.78, 5) is 4.25. The minimum Gasteiger partial charge on any atom is -0.399 e. The van der Waals surface area contributed by atoms with E-state index in [4.69, 9.17) is 5.73 Å². The van der Waals surface area contributed by atoms with Gasteiger partial charge in [-0.1, -0.05) is 0 Å². The molecular formula is C11H10N4S. The van der Waals surface area contributed by atoms with Crippen molar-refractivity contribution in [2.24, 2.45) is 0 Å². The highest BCUT2D eigenvalue weighted by atomic mass is 32.1. The SMILES string of the molecule is Nc1ccc2c(cnn2Cc2nccs2)c1. The molecule has 0 saturated carbocycles. The van der Waals surface area contributed by atoms with Crippen molar-refractivity contribution in [1.29, 1.82) is 0 Å². The maximum Gasteiger partial charge on any atom is 0.114 e. The number of benzene rings is 1. The van der Waals surface area contributed by atoms with Crippen molar-refractivity contribution in [2.45, 2.75) is 6.54 Å². The normalized spacial score (nSPS) is 11.0. The molecule has 0 bridgehead atoms.